The molecule has 1 aromatic carbocycles. The first-order valence-corrected chi connectivity index (χ1v) is 12.1. The molecule has 0 heterocycles. The molecule has 0 amide bonds. The van der Waals surface area contributed by atoms with Crippen LogP contribution in [0.3, 0.4) is 0 Å². The standard InChI is InChI=1S/C20H30Cl3NO4S/c21-17-11-13-18(14-12-17)24(29(27)28)16-10-8-6-4-2-1-3-5-7-9-15-20(22,23)19(25)26/h11-14H,1-10,15-16H2,(H,25,26)(H,27,28)/p-1. The first kappa shape index (κ1) is 26.5. The molecule has 0 saturated heterocycles. The lowest BCUT2D eigenvalue weighted by Gasteiger charge is -2.26. The molecule has 1 atom stereocenters. The van der Waals surface area contributed by atoms with Crippen LogP contribution in [0.2, 0.25) is 5.02 Å². The van der Waals surface area contributed by atoms with Gasteiger partial charge >= 0.3 is 5.97 Å². The van der Waals surface area contributed by atoms with Crippen molar-refractivity contribution in [3.8, 4) is 0 Å². The Morgan fingerprint density at radius 1 is 0.931 bits per heavy atom. The molecule has 1 aromatic rings. The van der Waals surface area contributed by atoms with E-state index < -0.39 is 21.6 Å². The summed E-state index contributed by atoms with van der Waals surface area (Å²) in [5.41, 5.74) is 0.631. The van der Waals surface area contributed by atoms with Gasteiger partial charge in [-0.2, -0.15) is 0 Å². The average Bonchev–Trinajstić information content (AvgIpc) is 2.66. The number of carboxylic acids is 1. The van der Waals surface area contributed by atoms with Crippen molar-refractivity contribution in [1.29, 1.82) is 0 Å². The van der Waals surface area contributed by atoms with E-state index in [4.69, 9.17) is 39.9 Å². The fraction of sp³-hybridized carbons (Fsp3) is 0.650. The van der Waals surface area contributed by atoms with Gasteiger partial charge in [0, 0.05) is 28.5 Å². The van der Waals surface area contributed by atoms with E-state index in [1.807, 2.05) is 0 Å². The van der Waals surface area contributed by atoms with Crippen molar-refractivity contribution in [2.75, 3.05) is 10.8 Å². The van der Waals surface area contributed by atoms with Crippen LogP contribution < -0.4 is 4.31 Å². The molecule has 0 saturated carbocycles. The topological polar surface area (TPSA) is 80.7 Å². The lowest BCUT2D eigenvalue weighted by molar-refractivity contribution is -0.138. The number of benzene rings is 1. The second kappa shape index (κ2) is 14.5. The molecule has 0 aliphatic heterocycles. The summed E-state index contributed by atoms with van der Waals surface area (Å²) in [4.78, 5) is 10.8. The molecule has 1 N–H and O–H groups in total. The van der Waals surface area contributed by atoms with E-state index in [2.05, 4.69) is 0 Å². The van der Waals surface area contributed by atoms with Gasteiger partial charge in [-0.15, -0.1) is 0 Å². The highest BCUT2D eigenvalue weighted by atomic mass is 35.5. The fourth-order valence-corrected chi connectivity index (χ4v) is 3.99. The average molecular weight is 486 g/mol. The third kappa shape index (κ3) is 11.4. The molecular formula is C20H29Cl3NO4S-. The highest BCUT2D eigenvalue weighted by molar-refractivity contribution is 7.80. The quantitative estimate of drug-likeness (QED) is 0.165. The van der Waals surface area contributed by atoms with Crippen LogP contribution in [0.1, 0.15) is 70.6 Å². The van der Waals surface area contributed by atoms with Crippen molar-refractivity contribution in [2.24, 2.45) is 0 Å². The molecule has 0 aliphatic carbocycles. The molecular weight excluding hydrogens is 457 g/mol. The van der Waals surface area contributed by atoms with E-state index in [-0.39, 0.29) is 6.42 Å². The zero-order chi connectivity index (χ0) is 21.7. The molecule has 0 aromatic heterocycles. The molecule has 0 radical (unpaired) electrons. The van der Waals surface area contributed by atoms with Crippen LogP contribution in [-0.4, -0.2) is 30.7 Å². The third-order valence-corrected chi connectivity index (χ3v) is 6.42. The summed E-state index contributed by atoms with van der Waals surface area (Å²) < 4.78 is 22.6. The van der Waals surface area contributed by atoms with Gasteiger partial charge in [0.25, 0.3) is 0 Å². The Bertz CT molecular complexity index is 629. The minimum Gasteiger partial charge on any atom is -0.755 e. The Morgan fingerprint density at radius 2 is 1.38 bits per heavy atom. The van der Waals surface area contributed by atoms with E-state index in [1.165, 1.54) is 4.31 Å². The number of rotatable bonds is 16. The Labute approximate surface area is 191 Å². The summed E-state index contributed by atoms with van der Waals surface area (Å²) in [6.45, 7) is 0.469. The molecule has 9 heteroatoms. The number of carbonyl (C=O) groups is 1. The second-order valence-electron chi connectivity index (χ2n) is 7.09. The van der Waals surface area contributed by atoms with E-state index in [0.29, 0.717) is 23.7 Å². The number of anilines is 1. The highest BCUT2D eigenvalue weighted by Crippen LogP contribution is 2.28. The highest BCUT2D eigenvalue weighted by Gasteiger charge is 2.32. The van der Waals surface area contributed by atoms with Crippen LogP contribution in [0.4, 0.5) is 5.69 Å². The largest absolute Gasteiger partial charge is 0.755 e. The van der Waals surface area contributed by atoms with Crippen molar-refractivity contribution in [3.05, 3.63) is 29.3 Å². The minimum absolute atomic E-state index is 0.270. The first-order chi connectivity index (χ1) is 13.7. The Kier molecular flexibility index (Phi) is 13.2. The van der Waals surface area contributed by atoms with E-state index in [1.54, 1.807) is 24.3 Å². The van der Waals surface area contributed by atoms with Gasteiger partial charge in [-0.05, 0) is 43.5 Å². The Morgan fingerprint density at radius 3 is 1.83 bits per heavy atom. The molecule has 1 unspecified atom stereocenters. The summed E-state index contributed by atoms with van der Waals surface area (Å²) in [7, 11) is 0. The number of hydrogen-bond acceptors (Lipinski definition) is 3. The molecule has 0 aliphatic rings. The van der Waals surface area contributed by atoms with Crippen molar-refractivity contribution in [1.82, 2.24) is 0 Å². The molecule has 0 spiro atoms. The SMILES string of the molecule is O=C(O)C(Cl)(Cl)CCCCCCCCCCCCN(c1ccc(Cl)cc1)S(=O)[O-]. The monoisotopic (exact) mass is 484 g/mol. The van der Waals surface area contributed by atoms with Gasteiger partial charge in [0.2, 0.25) is 4.33 Å². The maximum atomic E-state index is 11.4. The summed E-state index contributed by atoms with van der Waals surface area (Å²) in [6, 6.07) is 6.79. The van der Waals surface area contributed by atoms with Gasteiger partial charge < -0.3 is 14.0 Å². The van der Waals surface area contributed by atoms with Crippen LogP contribution in [0.15, 0.2) is 24.3 Å². The number of nitrogens with zero attached hydrogens (tertiary/aromatic N) is 1. The van der Waals surface area contributed by atoms with Crippen LogP contribution in [-0.2, 0) is 16.1 Å². The normalized spacial score (nSPS) is 12.7. The maximum absolute atomic E-state index is 11.4. The van der Waals surface area contributed by atoms with E-state index in [0.717, 1.165) is 57.8 Å². The maximum Gasteiger partial charge on any atom is 0.340 e. The van der Waals surface area contributed by atoms with Crippen molar-refractivity contribution >= 4 is 57.7 Å². The number of alkyl halides is 2. The van der Waals surface area contributed by atoms with Crippen LogP contribution in [0.25, 0.3) is 0 Å². The summed E-state index contributed by atoms with van der Waals surface area (Å²) in [5, 5.41) is 9.41. The molecule has 5 nitrogen and oxygen atoms in total. The predicted molar refractivity (Wildman–Crippen MR) is 121 cm³/mol. The summed E-state index contributed by atoms with van der Waals surface area (Å²) in [6.07, 6.45) is 10.4. The van der Waals surface area contributed by atoms with Gasteiger partial charge in [0.1, 0.15) is 0 Å². The minimum atomic E-state index is -2.29. The zero-order valence-corrected chi connectivity index (χ0v) is 19.5. The fourth-order valence-electron chi connectivity index (χ4n) is 3.02. The zero-order valence-electron chi connectivity index (χ0n) is 16.5. The predicted octanol–water partition coefficient (Wildman–Crippen LogP) is 6.49. The Balaban J connectivity index is 2.03. The number of aliphatic carboxylic acids is 1. The van der Waals surface area contributed by atoms with Gasteiger partial charge in [-0.25, -0.2) is 4.79 Å². The number of halogens is 3. The lowest BCUT2D eigenvalue weighted by Crippen LogP contribution is -2.26. The van der Waals surface area contributed by atoms with E-state index >= 15 is 0 Å². The van der Waals surface area contributed by atoms with Crippen molar-refractivity contribution in [2.45, 2.75) is 75.0 Å². The molecule has 29 heavy (non-hydrogen) atoms. The summed E-state index contributed by atoms with van der Waals surface area (Å²) in [5.74, 6) is -1.18. The number of carboxylic acid groups (broad SMARTS) is 1. The summed E-state index contributed by atoms with van der Waals surface area (Å²) >= 11 is 14.9. The lowest BCUT2D eigenvalue weighted by atomic mass is 10.0. The first-order valence-electron chi connectivity index (χ1n) is 9.98. The van der Waals surface area contributed by atoms with Crippen LogP contribution >= 0.6 is 34.8 Å². The number of unbranched alkanes of at least 4 members (excludes halogenated alkanes) is 9. The Hall–Kier alpha value is -0.530. The molecule has 0 bridgehead atoms. The van der Waals surface area contributed by atoms with Gasteiger partial charge in [-0.3, -0.25) is 4.21 Å². The van der Waals surface area contributed by atoms with Gasteiger partial charge in [0.15, 0.2) is 0 Å². The molecule has 1 rings (SSSR count). The van der Waals surface area contributed by atoms with E-state index in [9.17, 15) is 13.6 Å². The smallest absolute Gasteiger partial charge is 0.340 e. The van der Waals surface area contributed by atoms with Crippen LogP contribution in [0, 0.1) is 0 Å². The second-order valence-corrected chi connectivity index (χ2v) is 9.89. The van der Waals surface area contributed by atoms with Gasteiger partial charge in [0.05, 0.1) is 0 Å². The van der Waals surface area contributed by atoms with Gasteiger partial charge in [-0.1, -0.05) is 86.2 Å². The number of hydrogen-bond donors (Lipinski definition) is 1. The third-order valence-electron chi connectivity index (χ3n) is 4.71. The molecule has 0 fully saturated rings. The molecule has 166 valence electrons. The van der Waals surface area contributed by atoms with Crippen LogP contribution in [0.5, 0.6) is 0 Å². The van der Waals surface area contributed by atoms with Crippen molar-refractivity contribution in [3.63, 3.8) is 0 Å². The van der Waals surface area contributed by atoms with Crippen molar-refractivity contribution < 1.29 is 18.7 Å².